The molecule has 1 saturated heterocycles. The smallest absolute Gasteiger partial charge is 0.278 e. The number of phenols is 1. The fraction of sp³-hybridized carbons (Fsp3) is 0.571. The van der Waals surface area contributed by atoms with Crippen LogP contribution >= 0.6 is 36.4 Å². The van der Waals surface area contributed by atoms with Gasteiger partial charge in [0.1, 0.15) is 5.75 Å². The molecule has 1 aliphatic rings. The molecule has 1 aromatic rings. The Morgan fingerprint density at radius 3 is 2.52 bits per heavy atom. The Morgan fingerprint density at radius 2 is 2.00 bits per heavy atom. The predicted octanol–water partition coefficient (Wildman–Crippen LogP) is 3.54. The second-order valence-corrected chi connectivity index (χ2v) is 5.58. The van der Waals surface area contributed by atoms with Crippen LogP contribution in [0.25, 0.3) is 0 Å². The van der Waals surface area contributed by atoms with Crippen molar-refractivity contribution in [2.24, 2.45) is 0 Å². The first-order valence-electron chi connectivity index (χ1n) is 7.16. The van der Waals surface area contributed by atoms with Crippen LogP contribution in [-0.2, 0) is 0 Å². The monoisotopic (exact) mass is 385 g/mol. The van der Waals surface area contributed by atoms with Gasteiger partial charge < -0.3 is 10.4 Å². The molecule has 1 heterocycles. The molecule has 0 spiro atoms. The fourth-order valence-corrected chi connectivity index (χ4v) is 3.00. The number of phenolic OH excluding ortho intramolecular Hbond substituents is 1. The molecular weight excluding hydrogens is 365 g/mol. The normalized spacial score (nSPS) is 16.1. The first-order chi connectivity index (χ1) is 10.1. The van der Waals surface area contributed by atoms with Crippen LogP contribution < -0.4 is 5.32 Å². The maximum Gasteiger partial charge on any atom is 0.278 e. The van der Waals surface area contributed by atoms with Crippen molar-refractivity contribution in [2.45, 2.75) is 25.8 Å². The van der Waals surface area contributed by atoms with Crippen LogP contribution in [0.15, 0.2) is 12.1 Å². The van der Waals surface area contributed by atoms with Crippen molar-refractivity contribution >= 4 is 42.1 Å². The standard InChI is InChI=1S/C14H20ClN3O3.2ClH/c1-2-3-11(17-8-6-16-7-9-17)13-12(18(20)21)5-4-10(15)14(13)19;;/h4-5,11,16,19H,2-3,6-9H2,1H3;2*1H/t11-;;/m1../s1. The lowest BCUT2D eigenvalue weighted by Gasteiger charge is -2.35. The van der Waals surface area contributed by atoms with Crippen LogP contribution in [-0.4, -0.2) is 41.1 Å². The van der Waals surface area contributed by atoms with E-state index in [1.165, 1.54) is 12.1 Å². The molecule has 1 aromatic carbocycles. The lowest BCUT2D eigenvalue weighted by atomic mass is 9.97. The third kappa shape index (κ3) is 5.09. The molecular formula is C14H22Cl3N3O3. The Balaban J connectivity index is 0.00000242. The van der Waals surface area contributed by atoms with Gasteiger partial charge in [-0.3, -0.25) is 15.0 Å². The van der Waals surface area contributed by atoms with Gasteiger partial charge in [-0.05, 0) is 12.5 Å². The third-order valence-electron chi connectivity index (χ3n) is 3.83. The average Bonchev–Trinajstić information content (AvgIpc) is 2.48. The van der Waals surface area contributed by atoms with Crippen molar-refractivity contribution in [2.75, 3.05) is 26.2 Å². The van der Waals surface area contributed by atoms with Gasteiger partial charge in [0.15, 0.2) is 0 Å². The molecule has 23 heavy (non-hydrogen) atoms. The topological polar surface area (TPSA) is 78.6 Å². The number of piperazine rings is 1. The molecule has 2 N–H and O–H groups in total. The third-order valence-corrected chi connectivity index (χ3v) is 4.13. The molecule has 2 rings (SSSR count). The van der Waals surface area contributed by atoms with Gasteiger partial charge in [-0.25, -0.2) is 0 Å². The highest BCUT2D eigenvalue weighted by molar-refractivity contribution is 6.32. The zero-order chi connectivity index (χ0) is 15.4. The van der Waals surface area contributed by atoms with Gasteiger partial charge in [0.2, 0.25) is 0 Å². The largest absolute Gasteiger partial charge is 0.506 e. The molecule has 0 aromatic heterocycles. The van der Waals surface area contributed by atoms with E-state index < -0.39 is 4.92 Å². The average molecular weight is 387 g/mol. The highest BCUT2D eigenvalue weighted by atomic mass is 35.5. The molecule has 132 valence electrons. The number of benzene rings is 1. The van der Waals surface area contributed by atoms with Crippen molar-refractivity contribution in [1.29, 1.82) is 0 Å². The summed E-state index contributed by atoms with van der Waals surface area (Å²) in [6, 6.07) is 2.57. The summed E-state index contributed by atoms with van der Waals surface area (Å²) in [4.78, 5) is 13.0. The van der Waals surface area contributed by atoms with E-state index in [4.69, 9.17) is 11.6 Å². The summed E-state index contributed by atoms with van der Waals surface area (Å²) in [6.07, 6.45) is 1.62. The number of halogens is 3. The summed E-state index contributed by atoms with van der Waals surface area (Å²) in [7, 11) is 0. The number of aromatic hydroxyl groups is 1. The number of hydrogen-bond donors (Lipinski definition) is 2. The van der Waals surface area contributed by atoms with Crippen molar-refractivity contribution in [3.05, 3.63) is 32.8 Å². The number of rotatable bonds is 5. The highest BCUT2D eigenvalue weighted by Gasteiger charge is 2.31. The molecule has 9 heteroatoms. The summed E-state index contributed by atoms with van der Waals surface area (Å²) in [5.41, 5.74) is 0.283. The van der Waals surface area contributed by atoms with Gasteiger partial charge in [-0.15, -0.1) is 24.8 Å². The Labute approximate surface area is 153 Å². The zero-order valence-corrected chi connectivity index (χ0v) is 15.2. The molecule has 1 atom stereocenters. The van der Waals surface area contributed by atoms with Crippen molar-refractivity contribution in [1.82, 2.24) is 10.2 Å². The summed E-state index contributed by atoms with van der Waals surface area (Å²) < 4.78 is 0. The van der Waals surface area contributed by atoms with Crippen molar-refractivity contribution in [3.8, 4) is 5.75 Å². The molecule has 1 fully saturated rings. The number of nitrogens with one attached hydrogen (secondary N) is 1. The lowest BCUT2D eigenvalue weighted by molar-refractivity contribution is -0.386. The molecule has 0 saturated carbocycles. The van der Waals surface area contributed by atoms with E-state index in [-0.39, 0.29) is 47.3 Å². The predicted molar refractivity (Wildman–Crippen MR) is 96.4 cm³/mol. The minimum Gasteiger partial charge on any atom is -0.506 e. The van der Waals surface area contributed by atoms with Gasteiger partial charge in [0.05, 0.1) is 15.5 Å². The van der Waals surface area contributed by atoms with Crippen LogP contribution in [0.3, 0.4) is 0 Å². The number of hydrogen-bond acceptors (Lipinski definition) is 5. The lowest BCUT2D eigenvalue weighted by Crippen LogP contribution is -2.45. The van der Waals surface area contributed by atoms with Crippen LogP contribution in [0, 0.1) is 10.1 Å². The van der Waals surface area contributed by atoms with Crippen LogP contribution in [0.1, 0.15) is 31.4 Å². The summed E-state index contributed by atoms with van der Waals surface area (Å²) in [5.74, 6) is -0.164. The van der Waals surface area contributed by atoms with Gasteiger partial charge >= 0.3 is 0 Å². The second-order valence-electron chi connectivity index (χ2n) is 5.18. The second kappa shape index (κ2) is 10.2. The van der Waals surface area contributed by atoms with Gasteiger partial charge in [0, 0.05) is 38.3 Å². The molecule has 6 nitrogen and oxygen atoms in total. The van der Waals surface area contributed by atoms with Gasteiger partial charge in [-0.2, -0.15) is 0 Å². The van der Waals surface area contributed by atoms with E-state index >= 15 is 0 Å². The quantitative estimate of drug-likeness (QED) is 0.597. The Hall–Kier alpha value is -0.790. The molecule has 1 aliphatic heterocycles. The van der Waals surface area contributed by atoms with Gasteiger partial charge in [0.25, 0.3) is 5.69 Å². The first kappa shape index (κ1) is 22.2. The van der Waals surface area contributed by atoms with Crippen LogP contribution in [0.2, 0.25) is 5.02 Å². The number of nitrogens with zero attached hydrogens (tertiary/aromatic N) is 2. The van der Waals surface area contributed by atoms with Gasteiger partial charge in [-0.1, -0.05) is 24.9 Å². The molecule has 0 bridgehead atoms. The zero-order valence-electron chi connectivity index (χ0n) is 12.8. The molecule has 0 amide bonds. The van der Waals surface area contributed by atoms with Crippen LogP contribution in [0.5, 0.6) is 5.75 Å². The summed E-state index contributed by atoms with van der Waals surface area (Å²) >= 11 is 5.97. The van der Waals surface area contributed by atoms with E-state index in [9.17, 15) is 15.2 Å². The van der Waals surface area contributed by atoms with E-state index in [1.54, 1.807) is 0 Å². The van der Waals surface area contributed by atoms with Crippen LogP contribution in [0.4, 0.5) is 5.69 Å². The number of nitro groups is 1. The number of nitro benzene ring substituents is 1. The fourth-order valence-electron chi connectivity index (χ4n) is 2.84. The SMILES string of the molecule is CCC[C@H](c1c([N+](=O)[O-])ccc(Cl)c1O)N1CCNCC1.Cl.Cl. The minimum absolute atomic E-state index is 0. The molecule has 0 unspecified atom stereocenters. The van der Waals surface area contributed by atoms with Crippen molar-refractivity contribution < 1.29 is 10.0 Å². The van der Waals surface area contributed by atoms with E-state index in [2.05, 4.69) is 10.2 Å². The first-order valence-corrected chi connectivity index (χ1v) is 7.54. The summed E-state index contributed by atoms with van der Waals surface area (Å²) in [5, 5.41) is 25.0. The Bertz CT molecular complexity index is 525. The highest BCUT2D eigenvalue weighted by Crippen LogP contribution is 2.42. The van der Waals surface area contributed by atoms with E-state index in [0.29, 0.717) is 5.56 Å². The Morgan fingerprint density at radius 1 is 1.39 bits per heavy atom. The van der Waals surface area contributed by atoms with Crippen molar-refractivity contribution in [3.63, 3.8) is 0 Å². The molecule has 0 radical (unpaired) electrons. The molecule has 0 aliphatic carbocycles. The Kier molecular flexibility index (Phi) is 9.80. The summed E-state index contributed by atoms with van der Waals surface area (Å²) in [6.45, 7) is 5.31. The maximum atomic E-state index is 11.3. The van der Waals surface area contributed by atoms with E-state index in [0.717, 1.165) is 39.0 Å². The minimum atomic E-state index is -0.448. The maximum absolute atomic E-state index is 11.3. The van der Waals surface area contributed by atoms with E-state index in [1.807, 2.05) is 6.92 Å².